The number of amides is 1. The zero-order valence-corrected chi connectivity index (χ0v) is 11.2. The van der Waals surface area contributed by atoms with Gasteiger partial charge in [-0.15, -0.1) is 0 Å². The minimum absolute atomic E-state index is 0.154. The maximum atomic E-state index is 12.1. The Morgan fingerprint density at radius 2 is 2.28 bits per heavy atom. The van der Waals surface area contributed by atoms with Crippen LogP contribution in [0.1, 0.15) is 25.8 Å². The number of nitrogens with zero attached hydrogens (tertiary/aromatic N) is 1. The minimum atomic E-state index is -0.605. The molecule has 1 unspecified atom stereocenters. The van der Waals surface area contributed by atoms with Crippen molar-refractivity contribution in [1.29, 1.82) is 5.26 Å². The highest BCUT2D eigenvalue weighted by Crippen LogP contribution is 2.24. The van der Waals surface area contributed by atoms with Gasteiger partial charge < -0.3 is 11.1 Å². The summed E-state index contributed by atoms with van der Waals surface area (Å²) < 4.78 is 0. The molecule has 0 aromatic heterocycles. The molecule has 0 aliphatic carbocycles. The van der Waals surface area contributed by atoms with E-state index in [1.165, 1.54) is 0 Å². The van der Waals surface area contributed by atoms with E-state index >= 15 is 0 Å². The molecule has 96 valence electrons. The first kappa shape index (κ1) is 14.5. The van der Waals surface area contributed by atoms with Crippen LogP contribution in [0.4, 0.5) is 5.69 Å². The van der Waals surface area contributed by atoms with Crippen molar-refractivity contribution in [3.8, 4) is 6.07 Å². The van der Waals surface area contributed by atoms with Gasteiger partial charge >= 0.3 is 0 Å². The van der Waals surface area contributed by atoms with E-state index < -0.39 is 5.41 Å². The summed E-state index contributed by atoms with van der Waals surface area (Å²) in [7, 11) is 0. The van der Waals surface area contributed by atoms with Crippen molar-refractivity contribution in [1.82, 2.24) is 0 Å². The van der Waals surface area contributed by atoms with Gasteiger partial charge in [0.05, 0.1) is 16.0 Å². The van der Waals surface area contributed by atoms with Crippen molar-refractivity contribution in [3.63, 3.8) is 0 Å². The fraction of sp³-hybridized carbons (Fsp3) is 0.385. The molecule has 5 heteroatoms. The van der Waals surface area contributed by atoms with E-state index in [0.717, 1.165) is 0 Å². The van der Waals surface area contributed by atoms with E-state index in [2.05, 4.69) is 5.32 Å². The summed E-state index contributed by atoms with van der Waals surface area (Å²) in [5.41, 5.74) is 5.90. The van der Waals surface area contributed by atoms with E-state index in [9.17, 15) is 4.79 Å². The molecule has 1 aromatic rings. The smallest absolute Gasteiger partial charge is 0.231 e. The average molecular weight is 266 g/mol. The number of anilines is 1. The van der Waals surface area contributed by atoms with Crippen LogP contribution in [-0.2, 0) is 4.79 Å². The van der Waals surface area contributed by atoms with Crippen LogP contribution in [0.2, 0.25) is 5.02 Å². The molecule has 1 rings (SSSR count). The Labute approximate surface area is 112 Å². The number of carbonyl (C=O) groups excluding carboxylic acids is 1. The lowest BCUT2D eigenvalue weighted by Crippen LogP contribution is -2.39. The van der Waals surface area contributed by atoms with Crippen molar-refractivity contribution >= 4 is 23.2 Å². The molecule has 0 aliphatic rings. The fourth-order valence-electron chi connectivity index (χ4n) is 1.37. The summed E-state index contributed by atoms with van der Waals surface area (Å²) >= 11 is 5.82. The van der Waals surface area contributed by atoms with E-state index in [0.29, 0.717) is 22.7 Å². The first-order valence-corrected chi connectivity index (χ1v) is 6.06. The zero-order valence-electron chi connectivity index (χ0n) is 10.5. The van der Waals surface area contributed by atoms with Gasteiger partial charge in [0.15, 0.2) is 0 Å². The molecule has 0 spiro atoms. The Balaban J connectivity index is 2.93. The maximum absolute atomic E-state index is 12.1. The first-order chi connectivity index (χ1) is 8.46. The summed E-state index contributed by atoms with van der Waals surface area (Å²) in [6.07, 6.45) is 0.647. The summed E-state index contributed by atoms with van der Waals surface area (Å²) in [4.78, 5) is 12.1. The molecular formula is C13H16ClN3O. The van der Waals surface area contributed by atoms with Gasteiger partial charge in [-0.25, -0.2) is 0 Å². The maximum Gasteiger partial charge on any atom is 0.231 e. The third-order valence-electron chi connectivity index (χ3n) is 3.12. The Hall–Kier alpha value is -1.57. The van der Waals surface area contributed by atoms with E-state index in [1.807, 2.05) is 19.9 Å². The number of rotatable bonds is 4. The Morgan fingerprint density at radius 1 is 1.61 bits per heavy atom. The van der Waals surface area contributed by atoms with Crippen molar-refractivity contribution in [3.05, 3.63) is 28.8 Å². The van der Waals surface area contributed by atoms with Gasteiger partial charge in [0.25, 0.3) is 0 Å². The quantitative estimate of drug-likeness (QED) is 0.878. The molecule has 0 saturated carbocycles. The second-order valence-corrected chi connectivity index (χ2v) is 4.79. The molecule has 1 amide bonds. The van der Waals surface area contributed by atoms with E-state index in [4.69, 9.17) is 22.6 Å². The second kappa shape index (κ2) is 5.85. The predicted molar refractivity (Wildman–Crippen MR) is 72.2 cm³/mol. The van der Waals surface area contributed by atoms with Crippen LogP contribution in [0.5, 0.6) is 0 Å². The summed E-state index contributed by atoms with van der Waals surface area (Å²) in [5.74, 6) is -0.154. The highest BCUT2D eigenvalue weighted by molar-refractivity contribution is 6.31. The summed E-state index contributed by atoms with van der Waals surface area (Å²) in [6.45, 7) is 3.99. The van der Waals surface area contributed by atoms with Crippen LogP contribution in [-0.4, -0.2) is 12.5 Å². The summed E-state index contributed by atoms with van der Waals surface area (Å²) in [5, 5.41) is 12.0. The number of nitriles is 1. The van der Waals surface area contributed by atoms with Crippen LogP contribution in [0, 0.1) is 16.7 Å². The second-order valence-electron chi connectivity index (χ2n) is 4.38. The Morgan fingerprint density at radius 3 is 2.78 bits per heavy atom. The SMILES string of the molecule is CCC(C)(CN)C(=O)Nc1ccc(Cl)c(C#N)c1. The van der Waals surface area contributed by atoms with E-state index in [1.54, 1.807) is 18.2 Å². The van der Waals surface area contributed by atoms with Crippen molar-refractivity contribution in [2.75, 3.05) is 11.9 Å². The Bertz CT molecular complexity index is 489. The monoisotopic (exact) mass is 265 g/mol. The lowest BCUT2D eigenvalue weighted by molar-refractivity contribution is -0.124. The molecule has 0 bridgehead atoms. The number of carbonyl (C=O) groups is 1. The number of nitrogens with one attached hydrogen (secondary N) is 1. The van der Waals surface area contributed by atoms with Gasteiger partial charge in [0.2, 0.25) is 5.91 Å². The lowest BCUT2D eigenvalue weighted by Gasteiger charge is -2.25. The third-order valence-corrected chi connectivity index (χ3v) is 3.45. The van der Waals surface area contributed by atoms with Gasteiger partial charge in [-0.2, -0.15) is 5.26 Å². The first-order valence-electron chi connectivity index (χ1n) is 5.68. The van der Waals surface area contributed by atoms with Crippen LogP contribution in [0.3, 0.4) is 0 Å². The van der Waals surface area contributed by atoms with Gasteiger partial charge in [0.1, 0.15) is 6.07 Å². The molecule has 3 N–H and O–H groups in total. The van der Waals surface area contributed by atoms with Crippen molar-refractivity contribution in [2.45, 2.75) is 20.3 Å². The van der Waals surface area contributed by atoms with Crippen LogP contribution >= 0.6 is 11.6 Å². The number of halogens is 1. The molecular weight excluding hydrogens is 250 g/mol. The van der Waals surface area contributed by atoms with Crippen LogP contribution < -0.4 is 11.1 Å². The lowest BCUT2D eigenvalue weighted by atomic mass is 9.86. The Kier molecular flexibility index (Phi) is 4.71. The van der Waals surface area contributed by atoms with Crippen molar-refractivity contribution in [2.24, 2.45) is 11.1 Å². The normalized spacial score (nSPS) is 13.5. The molecule has 0 aliphatic heterocycles. The average Bonchev–Trinajstić information content (AvgIpc) is 2.39. The largest absolute Gasteiger partial charge is 0.329 e. The number of nitrogens with two attached hydrogens (primary N) is 1. The molecule has 0 heterocycles. The summed E-state index contributed by atoms with van der Waals surface area (Å²) in [6, 6.07) is 6.76. The number of hydrogen-bond donors (Lipinski definition) is 2. The number of hydrogen-bond acceptors (Lipinski definition) is 3. The third kappa shape index (κ3) is 3.00. The number of benzene rings is 1. The van der Waals surface area contributed by atoms with E-state index in [-0.39, 0.29) is 12.5 Å². The van der Waals surface area contributed by atoms with Crippen molar-refractivity contribution < 1.29 is 4.79 Å². The van der Waals surface area contributed by atoms with Gasteiger partial charge in [-0.1, -0.05) is 18.5 Å². The highest BCUT2D eigenvalue weighted by Gasteiger charge is 2.29. The minimum Gasteiger partial charge on any atom is -0.329 e. The van der Waals surface area contributed by atoms with Crippen LogP contribution in [0.15, 0.2) is 18.2 Å². The molecule has 18 heavy (non-hydrogen) atoms. The van der Waals surface area contributed by atoms with Gasteiger partial charge in [-0.3, -0.25) is 4.79 Å². The fourth-order valence-corrected chi connectivity index (χ4v) is 1.53. The standard InChI is InChI=1S/C13H16ClN3O/c1-3-13(2,8-16)12(18)17-10-4-5-11(14)9(6-10)7-15/h4-6H,3,8,16H2,1-2H3,(H,17,18). The molecule has 0 fully saturated rings. The molecule has 1 atom stereocenters. The molecule has 1 aromatic carbocycles. The molecule has 0 radical (unpaired) electrons. The molecule has 4 nitrogen and oxygen atoms in total. The zero-order chi connectivity index (χ0) is 13.8. The van der Waals surface area contributed by atoms with Gasteiger partial charge in [-0.05, 0) is 31.5 Å². The van der Waals surface area contributed by atoms with Gasteiger partial charge in [0, 0.05) is 12.2 Å². The highest BCUT2D eigenvalue weighted by atomic mass is 35.5. The molecule has 0 saturated heterocycles. The topological polar surface area (TPSA) is 78.9 Å². The predicted octanol–water partition coefficient (Wildman–Crippen LogP) is 2.53. The van der Waals surface area contributed by atoms with Crippen LogP contribution in [0.25, 0.3) is 0 Å².